The fraction of sp³-hybridized carbons (Fsp3) is 0.389. The highest BCUT2D eigenvalue weighted by Gasteiger charge is 3.03. The second-order valence-corrected chi connectivity index (χ2v) is 6.50. The van der Waals surface area contributed by atoms with Crippen molar-refractivity contribution in [2.24, 2.45) is 21.4 Å². The molecule has 1 aromatic carbocycles. The Labute approximate surface area is 145 Å². The summed E-state index contributed by atoms with van der Waals surface area (Å²) < 4.78 is 5.73. The van der Waals surface area contributed by atoms with E-state index in [4.69, 9.17) is 15.0 Å². The van der Waals surface area contributed by atoms with Crippen LogP contribution in [0, 0.1) is 55.6 Å². The summed E-state index contributed by atoms with van der Waals surface area (Å²) in [5.74, 6) is -2.17. The number of rotatable bonds is 3. The fourth-order valence-corrected chi connectivity index (χ4v) is 3.92. The number of hydrogen-bond donors (Lipinski definition) is 1. The van der Waals surface area contributed by atoms with Crippen molar-refractivity contribution in [3.05, 3.63) is 35.9 Å². The van der Waals surface area contributed by atoms with Crippen molar-refractivity contribution in [1.82, 2.24) is 0 Å². The number of nitrogens with one attached hydrogen (secondary N) is 1. The average Bonchev–Trinajstić information content (AvgIpc) is 3.05. The molecule has 1 saturated carbocycles. The molecule has 25 heavy (non-hydrogen) atoms. The Morgan fingerprint density at radius 2 is 1.72 bits per heavy atom. The molecule has 3 atom stereocenters. The van der Waals surface area contributed by atoms with Gasteiger partial charge >= 0.3 is 5.79 Å². The maximum absolute atomic E-state index is 9.79. The first-order valence-electron chi connectivity index (χ1n) is 7.60. The Morgan fingerprint density at radius 3 is 2.16 bits per heavy atom. The van der Waals surface area contributed by atoms with E-state index in [9.17, 15) is 15.8 Å². The minimum Gasteiger partial charge on any atom is -0.431 e. The lowest BCUT2D eigenvalue weighted by Crippen LogP contribution is -2.41. The van der Waals surface area contributed by atoms with Gasteiger partial charge in [-0.25, -0.2) is 0 Å². The molecule has 1 saturated heterocycles. The first kappa shape index (κ1) is 16.5. The van der Waals surface area contributed by atoms with E-state index in [0.29, 0.717) is 11.3 Å². The second-order valence-electron chi connectivity index (χ2n) is 6.50. The molecule has 2 aliphatic rings. The van der Waals surface area contributed by atoms with E-state index in [2.05, 4.69) is 5.16 Å². The largest absolute Gasteiger partial charge is 0.431 e. The van der Waals surface area contributed by atoms with Crippen LogP contribution in [-0.2, 0) is 15.4 Å². The van der Waals surface area contributed by atoms with E-state index in [1.165, 1.54) is 0 Å². The minimum atomic E-state index is -1.77. The number of fused-ring (bicyclic) bond motifs is 1. The summed E-state index contributed by atoms with van der Waals surface area (Å²) in [5, 5.41) is 41.5. The van der Waals surface area contributed by atoms with Crippen LogP contribution in [0.15, 0.2) is 35.5 Å². The molecule has 3 unspecified atom stereocenters. The van der Waals surface area contributed by atoms with Crippen molar-refractivity contribution in [2.45, 2.75) is 26.6 Å². The van der Waals surface area contributed by atoms with Crippen LogP contribution in [0.2, 0.25) is 0 Å². The number of oxime groups is 1. The first-order valence-corrected chi connectivity index (χ1v) is 7.60. The summed E-state index contributed by atoms with van der Waals surface area (Å²) in [5.41, 5.74) is -3.82. The summed E-state index contributed by atoms with van der Waals surface area (Å²) in [6.45, 7) is 5.00. The van der Waals surface area contributed by atoms with E-state index in [1.54, 1.807) is 51.1 Å². The molecule has 2 fully saturated rings. The van der Waals surface area contributed by atoms with Crippen LogP contribution in [0.3, 0.4) is 0 Å². The Bertz CT molecular complexity index is 902. The molecule has 1 N–H and O–H groups in total. The van der Waals surface area contributed by atoms with Gasteiger partial charge in [0.15, 0.2) is 10.8 Å². The molecule has 3 rings (SSSR count). The van der Waals surface area contributed by atoms with Gasteiger partial charge in [-0.05, 0) is 20.8 Å². The topological polar surface area (TPSA) is 126 Å². The molecular formula is C18H15N5O2. The molecule has 0 bridgehead atoms. The van der Waals surface area contributed by atoms with Crippen molar-refractivity contribution in [3.63, 3.8) is 0 Å². The van der Waals surface area contributed by atoms with Crippen LogP contribution >= 0.6 is 0 Å². The summed E-state index contributed by atoms with van der Waals surface area (Å²) in [7, 11) is 0. The zero-order valence-electron chi connectivity index (χ0n) is 14.0. The monoisotopic (exact) mass is 333 g/mol. The lowest BCUT2D eigenvalue weighted by molar-refractivity contribution is -0.236. The molecule has 1 heterocycles. The fourth-order valence-electron chi connectivity index (χ4n) is 3.92. The molecule has 1 aliphatic heterocycles. The Balaban J connectivity index is 2.34. The van der Waals surface area contributed by atoms with Crippen LogP contribution in [0.5, 0.6) is 0 Å². The van der Waals surface area contributed by atoms with Gasteiger partial charge in [0.2, 0.25) is 5.90 Å². The molecule has 0 aromatic heterocycles. The van der Waals surface area contributed by atoms with Gasteiger partial charge in [0, 0.05) is 5.56 Å². The van der Waals surface area contributed by atoms with Crippen LogP contribution in [0.4, 0.5) is 0 Å². The Kier molecular flexibility index (Phi) is 3.18. The van der Waals surface area contributed by atoms with Crippen LogP contribution in [-0.4, -0.2) is 11.6 Å². The van der Waals surface area contributed by atoms with Gasteiger partial charge in [0.05, 0.1) is 23.9 Å². The predicted octanol–water partition coefficient (Wildman–Crippen LogP) is 2.82. The SMILES string of the molecule is CC(C)=NOC1(c2ccccc2)OC(=N)C2(C#N)C(C#N)(C#N)C12C. The third kappa shape index (κ3) is 1.44. The first-order chi connectivity index (χ1) is 11.8. The lowest BCUT2D eigenvalue weighted by Gasteiger charge is -2.34. The second kappa shape index (κ2) is 4.82. The highest BCUT2D eigenvalue weighted by Crippen LogP contribution is 2.87. The highest BCUT2D eigenvalue weighted by molar-refractivity contribution is 5.96. The molecule has 1 aliphatic carbocycles. The lowest BCUT2D eigenvalue weighted by atomic mass is 9.83. The van der Waals surface area contributed by atoms with Crippen molar-refractivity contribution >= 4 is 11.6 Å². The van der Waals surface area contributed by atoms with Crippen molar-refractivity contribution in [1.29, 1.82) is 21.2 Å². The average molecular weight is 333 g/mol. The third-order valence-electron chi connectivity index (χ3n) is 5.26. The van der Waals surface area contributed by atoms with Gasteiger partial charge in [-0.15, -0.1) is 0 Å². The van der Waals surface area contributed by atoms with Crippen LogP contribution in [0.25, 0.3) is 0 Å². The maximum Gasteiger partial charge on any atom is 0.313 e. The smallest absolute Gasteiger partial charge is 0.313 e. The van der Waals surface area contributed by atoms with Crippen molar-refractivity contribution in [2.75, 3.05) is 0 Å². The summed E-state index contributed by atoms with van der Waals surface area (Å²) in [6.07, 6.45) is 0. The standard InChI is InChI=1S/C18H15N5O2/c1-12(2)23-25-18(13-7-5-4-6-8-13)15(3)16(9-19,10-20)17(15,11-21)14(22)24-18/h4-8,22H,1-3H3. The Hall–Kier alpha value is -3.37. The molecule has 124 valence electrons. The predicted molar refractivity (Wildman–Crippen MR) is 86.6 cm³/mol. The van der Waals surface area contributed by atoms with E-state index in [1.807, 2.05) is 18.2 Å². The van der Waals surface area contributed by atoms with E-state index in [-0.39, 0.29) is 0 Å². The van der Waals surface area contributed by atoms with Crippen molar-refractivity contribution in [3.8, 4) is 18.2 Å². The number of benzene rings is 1. The van der Waals surface area contributed by atoms with Gasteiger partial charge in [-0.3, -0.25) is 5.41 Å². The number of nitriles is 3. The minimum absolute atomic E-state index is 0.451. The normalized spacial score (nSPS) is 33.7. The maximum atomic E-state index is 9.79. The van der Waals surface area contributed by atoms with Gasteiger partial charge in [-0.1, -0.05) is 35.5 Å². The zero-order valence-corrected chi connectivity index (χ0v) is 14.0. The third-order valence-corrected chi connectivity index (χ3v) is 5.26. The Morgan fingerprint density at radius 1 is 1.12 bits per heavy atom. The van der Waals surface area contributed by atoms with Gasteiger partial charge in [0.1, 0.15) is 5.41 Å². The zero-order chi connectivity index (χ0) is 18.5. The number of nitrogens with zero attached hydrogens (tertiary/aromatic N) is 4. The highest BCUT2D eigenvalue weighted by atomic mass is 16.8. The van der Waals surface area contributed by atoms with E-state index >= 15 is 0 Å². The summed E-state index contributed by atoms with van der Waals surface area (Å²) in [4.78, 5) is 5.72. The molecule has 7 nitrogen and oxygen atoms in total. The molecule has 1 aromatic rings. The quantitative estimate of drug-likeness (QED) is 0.672. The summed E-state index contributed by atoms with van der Waals surface area (Å²) in [6, 6.07) is 14.6. The molecular weight excluding hydrogens is 318 g/mol. The van der Waals surface area contributed by atoms with Crippen LogP contribution in [0.1, 0.15) is 26.3 Å². The molecule has 7 heteroatoms. The van der Waals surface area contributed by atoms with Crippen molar-refractivity contribution < 1.29 is 9.57 Å². The molecule has 0 spiro atoms. The van der Waals surface area contributed by atoms with Gasteiger partial charge in [0.25, 0.3) is 0 Å². The van der Waals surface area contributed by atoms with Crippen LogP contribution < -0.4 is 0 Å². The number of ether oxygens (including phenoxy) is 1. The summed E-state index contributed by atoms with van der Waals surface area (Å²) >= 11 is 0. The molecule has 0 amide bonds. The van der Waals surface area contributed by atoms with Gasteiger partial charge in [-0.2, -0.15) is 15.8 Å². The van der Waals surface area contributed by atoms with E-state index < -0.39 is 27.9 Å². The van der Waals surface area contributed by atoms with E-state index in [0.717, 1.165) is 0 Å². The van der Waals surface area contributed by atoms with Gasteiger partial charge < -0.3 is 9.57 Å². The molecule has 0 radical (unpaired) electrons. The number of hydrogen-bond acceptors (Lipinski definition) is 7.